The van der Waals surface area contributed by atoms with Crippen LogP contribution in [0.3, 0.4) is 0 Å². The van der Waals surface area contributed by atoms with Crippen molar-refractivity contribution < 1.29 is 8.42 Å². The number of piperidine rings is 1. The molecule has 6 heteroatoms. The summed E-state index contributed by atoms with van der Waals surface area (Å²) in [5, 5.41) is 3.28. The molecule has 1 N–H and O–H groups in total. The number of nitrogens with zero attached hydrogens (tertiary/aromatic N) is 2. The van der Waals surface area contributed by atoms with Crippen LogP contribution < -0.4 is 5.32 Å². The Kier molecular flexibility index (Phi) is 4.41. The number of hydrogen-bond donors (Lipinski definition) is 1. The maximum absolute atomic E-state index is 12.2. The second kappa shape index (κ2) is 5.65. The minimum absolute atomic E-state index is 0.299. The highest BCUT2D eigenvalue weighted by atomic mass is 32.2. The van der Waals surface area contributed by atoms with Gasteiger partial charge >= 0.3 is 0 Å². The fourth-order valence-electron chi connectivity index (χ4n) is 2.54. The van der Waals surface area contributed by atoms with Crippen LogP contribution in [-0.4, -0.2) is 69.7 Å². The number of nitrogens with one attached hydrogen (secondary N) is 1. The number of rotatable bonds is 3. The average molecular weight is 261 g/mol. The molecule has 1 unspecified atom stereocenters. The van der Waals surface area contributed by atoms with Crippen LogP contribution in [0.4, 0.5) is 0 Å². The molecular weight excluding hydrogens is 238 g/mol. The molecule has 0 radical (unpaired) electrons. The molecule has 0 aromatic carbocycles. The summed E-state index contributed by atoms with van der Waals surface area (Å²) in [5.41, 5.74) is 0. The smallest absolute Gasteiger partial charge is 0.214 e. The maximum Gasteiger partial charge on any atom is 0.214 e. The Hall–Kier alpha value is -0.170. The summed E-state index contributed by atoms with van der Waals surface area (Å²) in [6.07, 6.45) is 2.14. The minimum Gasteiger partial charge on any atom is -0.316 e. The highest BCUT2D eigenvalue weighted by molar-refractivity contribution is 7.89. The minimum atomic E-state index is -3.04. The van der Waals surface area contributed by atoms with Crippen LogP contribution in [0.25, 0.3) is 0 Å². The van der Waals surface area contributed by atoms with E-state index >= 15 is 0 Å². The van der Waals surface area contributed by atoms with Crippen molar-refractivity contribution in [2.24, 2.45) is 5.92 Å². The number of piperazine rings is 1. The topological polar surface area (TPSA) is 52.7 Å². The SMILES string of the molecule is CN1CCN(S(=O)(=O)CC2CCCNC2)CC1. The highest BCUT2D eigenvalue weighted by Crippen LogP contribution is 2.16. The lowest BCUT2D eigenvalue weighted by Gasteiger charge is -2.33. The van der Waals surface area contributed by atoms with E-state index in [4.69, 9.17) is 0 Å². The van der Waals surface area contributed by atoms with Gasteiger partial charge in [-0.15, -0.1) is 0 Å². The van der Waals surface area contributed by atoms with Crippen LogP contribution >= 0.6 is 0 Å². The molecule has 2 rings (SSSR count). The Morgan fingerprint density at radius 2 is 1.94 bits per heavy atom. The predicted molar refractivity (Wildman–Crippen MR) is 68.5 cm³/mol. The molecule has 5 nitrogen and oxygen atoms in total. The van der Waals surface area contributed by atoms with Crippen LogP contribution in [0.5, 0.6) is 0 Å². The molecule has 1 atom stereocenters. The van der Waals surface area contributed by atoms with Gasteiger partial charge in [-0.3, -0.25) is 0 Å². The van der Waals surface area contributed by atoms with Crippen LogP contribution in [0.1, 0.15) is 12.8 Å². The van der Waals surface area contributed by atoms with Gasteiger partial charge in [-0.25, -0.2) is 8.42 Å². The Morgan fingerprint density at radius 3 is 2.53 bits per heavy atom. The fraction of sp³-hybridized carbons (Fsp3) is 1.00. The molecule has 0 aliphatic carbocycles. The zero-order chi connectivity index (χ0) is 12.3. The van der Waals surface area contributed by atoms with Gasteiger partial charge in [0.05, 0.1) is 5.75 Å². The van der Waals surface area contributed by atoms with Gasteiger partial charge in [-0.1, -0.05) is 0 Å². The zero-order valence-electron chi connectivity index (χ0n) is 10.6. The van der Waals surface area contributed by atoms with Crippen molar-refractivity contribution in [3.63, 3.8) is 0 Å². The lowest BCUT2D eigenvalue weighted by Crippen LogP contribution is -2.49. The summed E-state index contributed by atoms with van der Waals surface area (Å²) >= 11 is 0. The highest BCUT2D eigenvalue weighted by Gasteiger charge is 2.29. The van der Waals surface area contributed by atoms with E-state index in [0.29, 0.717) is 24.8 Å². The molecule has 17 heavy (non-hydrogen) atoms. The van der Waals surface area contributed by atoms with Gasteiger partial charge in [-0.05, 0) is 38.9 Å². The second-order valence-corrected chi connectivity index (χ2v) is 7.21. The van der Waals surface area contributed by atoms with Crippen molar-refractivity contribution in [3.05, 3.63) is 0 Å². The first-order chi connectivity index (χ1) is 8.08. The van der Waals surface area contributed by atoms with E-state index in [2.05, 4.69) is 10.2 Å². The van der Waals surface area contributed by atoms with Crippen molar-refractivity contribution in [1.82, 2.24) is 14.5 Å². The van der Waals surface area contributed by atoms with E-state index in [1.54, 1.807) is 4.31 Å². The lowest BCUT2D eigenvalue weighted by atomic mass is 10.0. The summed E-state index contributed by atoms with van der Waals surface area (Å²) in [4.78, 5) is 2.17. The molecule has 0 aromatic heterocycles. The van der Waals surface area contributed by atoms with E-state index in [0.717, 1.165) is 39.0 Å². The standard InChI is InChI=1S/C11H23N3O2S/c1-13-5-7-14(8-6-13)17(15,16)10-11-3-2-4-12-9-11/h11-12H,2-10H2,1H3. The number of sulfonamides is 1. The van der Waals surface area contributed by atoms with Gasteiger partial charge in [0.2, 0.25) is 10.0 Å². The fourth-order valence-corrected chi connectivity index (χ4v) is 4.35. The molecule has 0 aromatic rings. The third-order valence-electron chi connectivity index (χ3n) is 3.70. The third kappa shape index (κ3) is 3.64. The molecule has 2 saturated heterocycles. The first kappa shape index (κ1) is 13.3. The molecular formula is C11H23N3O2S. The Balaban J connectivity index is 1.89. The number of likely N-dealkylation sites (N-methyl/N-ethyl adjacent to an activating group) is 1. The Labute approximate surface area is 104 Å². The van der Waals surface area contributed by atoms with Crippen molar-refractivity contribution in [3.8, 4) is 0 Å². The summed E-state index contributed by atoms with van der Waals surface area (Å²) in [6.45, 7) is 4.89. The Bertz CT molecular complexity index is 331. The molecule has 2 heterocycles. The largest absolute Gasteiger partial charge is 0.316 e. The lowest BCUT2D eigenvalue weighted by molar-refractivity contribution is 0.221. The molecule has 2 aliphatic heterocycles. The van der Waals surface area contributed by atoms with Gasteiger partial charge in [0.1, 0.15) is 0 Å². The van der Waals surface area contributed by atoms with Crippen molar-refractivity contribution >= 4 is 10.0 Å². The molecule has 2 fully saturated rings. The molecule has 2 aliphatic rings. The van der Waals surface area contributed by atoms with Crippen molar-refractivity contribution in [1.29, 1.82) is 0 Å². The quantitative estimate of drug-likeness (QED) is 0.748. The van der Waals surface area contributed by atoms with E-state index in [9.17, 15) is 8.42 Å². The van der Waals surface area contributed by atoms with Crippen LogP contribution in [-0.2, 0) is 10.0 Å². The molecule has 0 amide bonds. The summed E-state index contributed by atoms with van der Waals surface area (Å²) in [6, 6.07) is 0. The van der Waals surface area contributed by atoms with Crippen LogP contribution in [0, 0.1) is 5.92 Å². The average Bonchev–Trinajstić information content (AvgIpc) is 2.30. The first-order valence-electron chi connectivity index (χ1n) is 6.45. The van der Waals surface area contributed by atoms with Gasteiger partial charge < -0.3 is 10.2 Å². The van der Waals surface area contributed by atoms with Crippen LogP contribution in [0.15, 0.2) is 0 Å². The summed E-state index contributed by atoms with van der Waals surface area (Å²) < 4.78 is 26.1. The summed E-state index contributed by atoms with van der Waals surface area (Å²) in [5.74, 6) is 0.623. The number of hydrogen-bond acceptors (Lipinski definition) is 4. The molecule has 0 spiro atoms. The van der Waals surface area contributed by atoms with Gasteiger partial charge in [-0.2, -0.15) is 4.31 Å². The van der Waals surface area contributed by atoms with Gasteiger partial charge in [0.15, 0.2) is 0 Å². The van der Waals surface area contributed by atoms with Crippen molar-refractivity contribution in [2.75, 3.05) is 52.1 Å². The van der Waals surface area contributed by atoms with E-state index in [-0.39, 0.29) is 0 Å². The van der Waals surface area contributed by atoms with E-state index in [1.165, 1.54) is 0 Å². The monoisotopic (exact) mass is 261 g/mol. The van der Waals surface area contributed by atoms with E-state index < -0.39 is 10.0 Å². The zero-order valence-corrected chi connectivity index (χ0v) is 11.4. The Morgan fingerprint density at radius 1 is 1.24 bits per heavy atom. The molecule has 0 bridgehead atoms. The summed E-state index contributed by atoms with van der Waals surface area (Å²) in [7, 11) is -1.00. The molecule has 100 valence electrons. The third-order valence-corrected chi connectivity index (χ3v) is 5.75. The van der Waals surface area contributed by atoms with Gasteiger partial charge in [0, 0.05) is 26.2 Å². The normalized spacial score (nSPS) is 29.4. The maximum atomic E-state index is 12.2. The molecule has 0 saturated carbocycles. The predicted octanol–water partition coefficient (Wildman–Crippen LogP) is -0.437. The van der Waals surface area contributed by atoms with Gasteiger partial charge in [0.25, 0.3) is 0 Å². The van der Waals surface area contributed by atoms with Crippen molar-refractivity contribution in [2.45, 2.75) is 12.8 Å². The second-order valence-electron chi connectivity index (χ2n) is 5.19. The van der Waals surface area contributed by atoms with Crippen LogP contribution in [0.2, 0.25) is 0 Å². The van der Waals surface area contributed by atoms with E-state index in [1.807, 2.05) is 7.05 Å². The first-order valence-corrected chi connectivity index (χ1v) is 8.06.